The smallest absolute Gasteiger partial charge is 0.351 e. The number of aromatic amines is 1. The monoisotopic (exact) mass is 269 g/mol. The van der Waals surface area contributed by atoms with Gasteiger partial charge in [-0.05, 0) is 12.1 Å². The third-order valence-corrected chi connectivity index (χ3v) is 2.74. The highest BCUT2D eigenvalue weighted by Gasteiger charge is 2.03. The molecule has 0 saturated carbocycles. The van der Waals surface area contributed by atoms with Crippen molar-refractivity contribution in [2.24, 2.45) is 0 Å². The number of aliphatic carboxylic acids is 2. The Labute approximate surface area is 114 Å². The Bertz CT molecular complexity index is 716. The van der Waals surface area contributed by atoms with Gasteiger partial charge in [0.2, 0.25) is 5.52 Å². The van der Waals surface area contributed by atoms with E-state index in [2.05, 4.69) is 53.6 Å². The molecule has 0 aliphatic heterocycles. The summed E-state index contributed by atoms with van der Waals surface area (Å²) in [6.07, 6.45) is 2.05. The maximum atomic E-state index is 9.04. The van der Waals surface area contributed by atoms with Crippen LogP contribution >= 0.6 is 0 Å². The van der Waals surface area contributed by atoms with Crippen LogP contribution in [0.15, 0.2) is 54.7 Å². The van der Waals surface area contributed by atoms with Gasteiger partial charge < -0.3 is 15.0 Å². The predicted molar refractivity (Wildman–Crippen MR) is 70.7 cm³/mol. The van der Waals surface area contributed by atoms with E-state index in [1.54, 1.807) is 0 Å². The first-order valence-corrected chi connectivity index (χ1v) is 5.82. The average molecular weight is 269 g/mol. The number of carbonyl (C=O) groups excluding carboxylic acids is 1. The molecule has 3 aromatic rings. The van der Waals surface area contributed by atoms with Gasteiger partial charge >= 0.3 is 5.97 Å². The first-order chi connectivity index (χ1) is 9.59. The van der Waals surface area contributed by atoms with Crippen molar-refractivity contribution >= 4 is 33.6 Å². The number of carbonyl (C=O) groups is 2. The molecule has 0 radical (unpaired) electrons. The SMILES string of the molecule is O=C([O-])C(=O)O.c1ccc2c(c1)c[nH+]c1ccccc12. The zero-order valence-corrected chi connectivity index (χ0v) is 10.4. The molecule has 0 spiro atoms. The summed E-state index contributed by atoms with van der Waals surface area (Å²) in [5.74, 6) is -4.01. The highest BCUT2D eigenvalue weighted by Crippen LogP contribution is 2.20. The minimum atomic E-state index is -2.07. The van der Waals surface area contributed by atoms with Crippen LogP contribution in [-0.4, -0.2) is 17.0 Å². The first-order valence-electron chi connectivity index (χ1n) is 5.82. The van der Waals surface area contributed by atoms with Gasteiger partial charge in [-0.15, -0.1) is 0 Å². The van der Waals surface area contributed by atoms with Gasteiger partial charge in [0.15, 0.2) is 12.2 Å². The molecule has 2 N–H and O–H groups in total. The fraction of sp³-hybridized carbons (Fsp3) is 0. The lowest BCUT2D eigenvalue weighted by molar-refractivity contribution is -0.342. The lowest BCUT2D eigenvalue weighted by Gasteiger charge is -1.97. The van der Waals surface area contributed by atoms with Crippen molar-refractivity contribution in [3.63, 3.8) is 0 Å². The molecule has 5 nitrogen and oxygen atoms in total. The summed E-state index contributed by atoms with van der Waals surface area (Å²) in [5, 5.41) is 20.2. The van der Waals surface area contributed by atoms with Crippen LogP contribution in [0.25, 0.3) is 21.7 Å². The van der Waals surface area contributed by atoms with E-state index in [1.807, 2.05) is 6.07 Å². The summed E-state index contributed by atoms with van der Waals surface area (Å²) in [6.45, 7) is 0. The van der Waals surface area contributed by atoms with Crippen molar-refractivity contribution in [2.45, 2.75) is 0 Å². The Hall–Kier alpha value is -2.95. The van der Waals surface area contributed by atoms with Crippen LogP contribution in [0.2, 0.25) is 0 Å². The molecule has 0 aliphatic rings. The summed E-state index contributed by atoms with van der Waals surface area (Å²) in [7, 11) is 0. The van der Waals surface area contributed by atoms with Gasteiger partial charge in [0.05, 0.1) is 5.39 Å². The number of hydrogen-bond donors (Lipinski definition) is 1. The summed E-state index contributed by atoms with van der Waals surface area (Å²) in [4.78, 5) is 21.3. The molecule has 3 rings (SSSR count). The summed E-state index contributed by atoms with van der Waals surface area (Å²) >= 11 is 0. The number of aromatic nitrogens is 1. The Morgan fingerprint density at radius 1 is 0.950 bits per heavy atom. The van der Waals surface area contributed by atoms with Crippen molar-refractivity contribution < 1.29 is 24.8 Å². The van der Waals surface area contributed by atoms with Crippen LogP contribution in [-0.2, 0) is 9.59 Å². The Morgan fingerprint density at radius 2 is 1.50 bits per heavy atom. The summed E-state index contributed by atoms with van der Waals surface area (Å²) in [5.41, 5.74) is 1.19. The maximum Gasteiger partial charge on any atom is 0.351 e. The molecule has 1 aromatic heterocycles. The second-order valence-electron chi connectivity index (χ2n) is 4.01. The van der Waals surface area contributed by atoms with Crippen LogP contribution in [0.3, 0.4) is 0 Å². The van der Waals surface area contributed by atoms with Crippen molar-refractivity contribution in [3.8, 4) is 0 Å². The molecule has 0 atom stereocenters. The average Bonchev–Trinajstić information content (AvgIpc) is 2.47. The van der Waals surface area contributed by atoms with E-state index in [9.17, 15) is 0 Å². The van der Waals surface area contributed by atoms with Crippen molar-refractivity contribution in [1.82, 2.24) is 0 Å². The van der Waals surface area contributed by atoms with Crippen LogP contribution < -0.4 is 10.1 Å². The van der Waals surface area contributed by atoms with Crippen LogP contribution in [0.4, 0.5) is 0 Å². The van der Waals surface area contributed by atoms with E-state index in [-0.39, 0.29) is 0 Å². The maximum absolute atomic E-state index is 9.04. The number of benzene rings is 2. The number of rotatable bonds is 0. The third kappa shape index (κ3) is 2.89. The topological polar surface area (TPSA) is 91.6 Å². The van der Waals surface area contributed by atoms with Gasteiger partial charge in [0, 0.05) is 16.8 Å². The lowest BCUT2D eigenvalue weighted by Crippen LogP contribution is -2.30. The van der Waals surface area contributed by atoms with E-state index in [4.69, 9.17) is 19.8 Å². The highest BCUT2D eigenvalue weighted by atomic mass is 16.4. The summed E-state index contributed by atoms with van der Waals surface area (Å²) < 4.78 is 0. The molecule has 100 valence electrons. The molecule has 0 bridgehead atoms. The van der Waals surface area contributed by atoms with Crippen molar-refractivity contribution in [2.75, 3.05) is 0 Å². The Balaban J connectivity index is 0.000000212. The third-order valence-electron chi connectivity index (χ3n) is 2.74. The lowest BCUT2D eigenvalue weighted by atomic mass is 10.1. The molecule has 0 saturated heterocycles. The zero-order valence-electron chi connectivity index (χ0n) is 10.4. The molecular weight excluding hydrogens is 258 g/mol. The normalized spacial score (nSPS) is 9.80. The number of fused-ring (bicyclic) bond motifs is 3. The molecule has 20 heavy (non-hydrogen) atoms. The molecule has 5 heteroatoms. The molecule has 2 aromatic carbocycles. The van der Waals surface area contributed by atoms with Gasteiger partial charge in [-0.3, -0.25) is 0 Å². The molecule has 0 fully saturated rings. The van der Waals surface area contributed by atoms with Crippen LogP contribution in [0, 0.1) is 0 Å². The molecule has 1 heterocycles. The van der Waals surface area contributed by atoms with E-state index in [0.29, 0.717) is 0 Å². The van der Waals surface area contributed by atoms with Gasteiger partial charge in [-0.2, -0.15) is 0 Å². The van der Waals surface area contributed by atoms with Crippen LogP contribution in [0.1, 0.15) is 0 Å². The van der Waals surface area contributed by atoms with Gasteiger partial charge in [0.1, 0.15) is 0 Å². The van der Waals surface area contributed by atoms with Crippen molar-refractivity contribution in [3.05, 3.63) is 54.7 Å². The largest absolute Gasteiger partial charge is 0.539 e. The second kappa shape index (κ2) is 5.79. The quantitative estimate of drug-likeness (QED) is 0.478. The number of carboxylic acids is 2. The second-order valence-corrected chi connectivity index (χ2v) is 4.01. The molecule has 0 unspecified atom stereocenters. The minimum Gasteiger partial charge on any atom is -0.539 e. The minimum absolute atomic E-state index is 1.19. The van der Waals surface area contributed by atoms with E-state index < -0.39 is 11.9 Å². The van der Waals surface area contributed by atoms with Gasteiger partial charge in [0.25, 0.3) is 0 Å². The number of nitrogens with one attached hydrogen (secondary N) is 1. The number of hydrogen-bond acceptors (Lipinski definition) is 3. The van der Waals surface area contributed by atoms with E-state index >= 15 is 0 Å². The highest BCUT2D eigenvalue weighted by molar-refractivity contribution is 6.26. The zero-order chi connectivity index (χ0) is 14.5. The number of H-pyrrole nitrogens is 1. The van der Waals surface area contributed by atoms with Crippen molar-refractivity contribution in [1.29, 1.82) is 0 Å². The fourth-order valence-corrected chi connectivity index (χ4v) is 1.87. The van der Waals surface area contributed by atoms with E-state index in [1.165, 1.54) is 21.7 Å². The van der Waals surface area contributed by atoms with Crippen LogP contribution in [0.5, 0.6) is 0 Å². The first kappa shape index (κ1) is 13.5. The molecule has 0 aliphatic carbocycles. The van der Waals surface area contributed by atoms with Gasteiger partial charge in [-0.1, -0.05) is 30.3 Å². The number of pyridine rings is 1. The van der Waals surface area contributed by atoms with E-state index in [0.717, 1.165) is 0 Å². The van der Waals surface area contributed by atoms with Gasteiger partial charge in [-0.25, -0.2) is 9.78 Å². The Morgan fingerprint density at radius 3 is 2.15 bits per heavy atom. The summed E-state index contributed by atoms with van der Waals surface area (Å²) in [6, 6.07) is 16.8. The fourth-order valence-electron chi connectivity index (χ4n) is 1.87. The molecular formula is C15H11NO4. The predicted octanol–water partition coefficient (Wildman–Crippen LogP) is 0.628. The number of para-hydroxylation sites is 1. The standard InChI is InChI=1S/C13H9N.C2H2O4/c1-2-6-11-10(5-1)9-14-13-8-4-3-7-12(11)13;3-1(4)2(5)6/h1-9H;(H,3,4)(H,5,6). The molecule has 0 amide bonds. The number of carboxylic acid groups (broad SMARTS) is 2. The Kier molecular flexibility index (Phi) is 3.91.